The summed E-state index contributed by atoms with van der Waals surface area (Å²) in [7, 11) is 0. The number of ether oxygens (including phenoxy) is 1. The van der Waals surface area contributed by atoms with Crippen LogP contribution >= 0.6 is 0 Å². The Labute approximate surface area is 133 Å². The van der Waals surface area contributed by atoms with E-state index in [0.717, 1.165) is 19.6 Å². The number of likely N-dealkylation sites (tertiary alicyclic amines) is 1. The van der Waals surface area contributed by atoms with Crippen molar-refractivity contribution in [3.05, 3.63) is 35.9 Å². The van der Waals surface area contributed by atoms with Crippen LogP contribution in [-0.4, -0.2) is 41.3 Å². The Kier molecular flexibility index (Phi) is 5.98. The molecule has 1 aromatic carbocycles. The second-order valence-electron chi connectivity index (χ2n) is 6.08. The summed E-state index contributed by atoms with van der Waals surface area (Å²) in [6, 6.07) is 10.3. The maximum Gasteiger partial charge on any atom is 0.311 e. The second-order valence-corrected chi connectivity index (χ2v) is 6.08. The number of esters is 1. The zero-order chi connectivity index (χ0) is 16.0. The highest BCUT2D eigenvalue weighted by Gasteiger charge is 2.43. The van der Waals surface area contributed by atoms with Crippen LogP contribution in [0.15, 0.2) is 30.3 Å². The van der Waals surface area contributed by atoms with E-state index in [1.54, 1.807) is 6.92 Å². The van der Waals surface area contributed by atoms with Crippen molar-refractivity contribution in [3.8, 4) is 0 Å². The number of carbonyl (C=O) groups excluding carboxylic acids is 1. The summed E-state index contributed by atoms with van der Waals surface area (Å²) in [5, 5.41) is 10.9. The number of carbonyl (C=O) groups is 1. The molecule has 1 aromatic rings. The molecular weight excluding hydrogens is 278 g/mol. The van der Waals surface area contributed by atoms with Crippen molar-refractivity contribution >= 4 is 5.97 Å². The molecule has 0 radical (unpaired) electrons. The Bertz CT molecular complexity index is 466. The summed E-state index contributed by atoms with van der Waals surface area (Å²) < 4.78 is 5.12. The molecule has 1 fully saturated rings. The molecule has 4 heteroatoms. The topological polar surface area (TPSA) is 49.8 Å². The van der Waals surface area contributed by atoms with E-state index in [2.05, 4.69) is 17.0 Å². The molecule has 1 aliphatic rings. The van der Waals surface area contributed by atoms with Crippen molar-refractivity contribution in [3.63, 3.8) is 0 Å². The van der Waals surface area contributed by atoms with Crippen molar-refractivity contribution < 1.29 is 14.6 Å². The third kappa shape index (κ3) is 4.08. The molecule has 1 atom stereocenters. The Hall–Kier alpha value is -1.39. The molecule has 2 rings (SSSR count). The zero-order valence-electron chi connectivity index (χ0n) is 13.6. The van der Waals surface area contributed by atoms with E-state index in [-0.39, 0.29) is 5.97 Å². The van der Waals surface area contributed by atoms with E-state index >= 15 is 0 Å². The summed E-state index contributed by atoms with van der Waals surface area (Å²) in [6.45, 7) is 6.62. The first-order valence-corrected chi connectivity index (χ1v) is 8.24. The predicted molar refractivity (Wildman–Crippen MR) is 86.3 cm³/mol. The predicted octanol–water partition coefficient (Wildman–Crippen LogP) is 2.60. The molecule has 1 unspecified atom stereocenters. The molecule has 0 spiro atoms. The zero-order valence-corrected chi connectivity index (χ0v) is 13.6. The molecule has 1 N–H and O–H groups in total. The van der Waals surface area contributed by atoms with Crippen molar-refractivity contribution in [2.45, 2.75) is 45.3 Å². The SMILES string of the molecule is CCOC(=O)C(CC)C1(O)CCN(Cc2ccccc2)CC1. The van der Waals surface area contributed by atoms with Gasteiger partial charge in [0.15, 0.2) is 0 Å². The van der Waals surface area contributed by atoms with Crippen LogP contribution in [0, 0.1) is 5.92 Å². The highest BCUT2D eigenvalue weighted by atomic mass is 16.5. The van der Waals surface area contributed by atoms with E-state index in [0.29, 0.717) is 25.9 Å². The maximum absolute atomic E-state index is 12.1. The number of hydrogen-bond acceptors (Lipinski definition) is 4. The molecule has 0 amide bonds. The molecule has 122 valence electrons. The average molecular weight is 305 g/mol. The molecule has 0 bridgehead atoms. The maximum atomic E-state index is 12.1. The van der Waals surface area contributed by atoms with Crippen molar-refractivity contribution in [2.75, 3.05) is 19.7 Å². The number of aliphatic hydroxyl groups is 1. The molecule has 1 heterocycles. The van der Waals surface area contributed by atoms with Gasteiger partial charge < -0.3 is 9.84 Å². The first-order valence-electron chi connectivity index (χ1n) is 8.24. The monoisotopic (exact) mass is 305 g/mol. The lowest BCUT2D eigenvalue weighted by Gasteiger charge is -2.41. The van der Waals surface area contributed by atoms with Gasteiger partial charge in [0.1, 0.15) is 0 Å². The number of piperidine rings is 1. The van der Waals surface area contributed by atoms with Crippen LogP contribution in [0.25, 0.3) is 0 Å². The number of benzene rings is 1. The van der Waals surface area contributed by atoms with Gasteiger partial charge in [-0.3, -0.25) is 9.69 Å². The van der Waals surface area contributed by atoms with Crippen LogP contribution in [0.1, 0.15) is 38.7 Å². The lowest BCUT2D eigenvalue weighted by molar-refractivity contribution is -0.162. The highest BCUT2D eigenvalue weighted by Crippen LogP contribution is 2.33. The first kappa shape index (κ1) is 17.0. The molecule has 0 aliphatic carbocycles. The van der Waals surface area contributed by atoms with Crippen LogP contribution in [0.5, 0.6) is 0 Å². The van der Waals surface area contributed by atoms with Gasteiger partial charge >= 0.3 is 5.97 Å². The minimum atomic E-state index is -0.922. The van der Waals surface area contributed by atoms with Crippen LogP contribution in [0.4, 0.5) is 0 Å². The Morgan fingerprint density at radius 2 is 1.91 bits per heavy atom. The fourth-order valence-electron chi connectivity index (χ4n) is 3.30. The van der Waals surface area contributed by atoms with Gasteiger partial charge in [-0.15, -0.1) is 0 Å². The van der Waals surface area contributed by atoms with Crippen molar-refractivity contribution in [1.29, 1.82) is 0 Å². The standard InChI is InChI=1S/C18H27NO3/c1-3-16(17(20)22-4-2)18(21)10-12-19(13-11-18)14-15-8-6-5-7-9-15/h5-9,16,21H,3-4,10-14H2,1-2H3. The van der Waals surface area contributed by atoms with Gasteiger partial charge in [-0.05, 0) is 31.7 Å². The fourth-order valence-corrected chi connectivity index (χ4v) is 3.30. The largest absolute Gasteiger partial charge is 0.466 e. The highest BCUT2D eigenvalue weighted by molar-refractivity contribution is 5.73. The summed E-state index contributed by atoms with van der Waals surface area (Å²) in [5.74, 6) is -0.671. The number of rotatable bonds is 6. The molecule has 4 nitrogen and oxygen atoms in total. The Morgan fingerprint density at radius 3 is 2.45 bits per heavy atom. The molecular formula is C18H27NO3. The van der Waals surface area contributed by atoms with Gasteiger partial charge in [0.25, 0.3) is 0 Å². The fraction of sp³-hybridized carbons (Fsp3) is 0.611. The molecule has 22 heavy (non-hydrogen) atoms. The number of nitrogens with zero attached hydrogens (tertiary/aromatic N) is 1. The van der Waals surface area contributed by atoms with Crippen molar-refractivity contribution in [2.24, 2.45) is 5.92 Å². The Balaban J connectivity index is 1.93. The van der Waals surface area contributed by atoms with Gasteiger partial charge in [0, 0.05) is 19.6 Å². The minimum Gasteiger partial charge on any atom is -0.466 e. The lowest BCUT2D eigenvalue weighted by Crippen LogP contribution is -2.51. The first-order chi connectivity index (χ1) is 10.6. The van der Waals surface area contributed by atoms with Crippen LogP contribution in [0.2, 0.25) is 0 Å². The summed E-state index contributed by atoms with van der Waals surface area (Å²) in [5.41, 5.74) is 0.360. The van der Waals surface area contributed by atoms with Gasteiger partial charge in [0.2, 0.25) is 0 Å². The van der Waals surface area contributed by atoms with Crippen LogP contribution < -0.4 is 0 Å². The van der Waals surface area contributed by atoms with E-state index in [9.17, 15) is 9.90 Å². The molecule has 0 saturated carbocycles. The summed E-state index contributed by atoms with van der Waals surface area (Å²) >= 11 is 0. The normalized spacial score (nSPS) is 19.6. The number of hydrogen-bond donors (Lipinski definition) is 1. The van der Waals surface area contributed by atoms with Crippen LogP contribution in [-0.2, 0) is 16.1 Å². The summed E-state index contributed by atoms with van der Waals surface area (Å²) in [4.78, 5) is 14.4. The minimum absolute atomic E-state index is 0.260. The summed E-state index contributed by atoms with van der Waals surface area (Å²) in [6.07, 6.45) is 1.86. The van der Waals surface area contributed by atoms with E-state index in [4.69, 9.17) is 4.74 Å². The quantitative estimate of drug-likeness (QED) is 0.821. The average Bonchev–Trinajstić information content (AvgIpc) is 2.52. The molecule has 1 saturated heterocycles. The smallest absolute Gasteiger partial charge is 0.311 e. The van der Waals surface area contributed by atoms with Crippen molar-refractivity contribution in [1.82, 2.24) is 4.90 Å². The third-order valence-electron chi connectivity index (χ3n) is 4.60. The molecule has 1 aliphatic heterocycles. The van der Waals surface area contributed by atoms with E-state index < -0.39 is 11.5 Å². The van der Waals surface area contributed by atoms with E-state index in [1.165, 1.54) is 5.56 Å². The molecule has 0 aromatic heterocycles. The third-order valence-corrected chi connectivity index (χ3v) is 4.60. The van der Waals surface area contributed by atoms with Gasteiger partial charge in [0.05, 0.1) is 18.1 Å². The second kappa shape index (κ2) is 7.75. The van der Waals surface area contributed by atoms with E-state index in [1.807, 2.05) is 25.1 Å². The van der Waals surface area contributed by atoms with Crippen LogP contribution in [0.3, 0.4) is 0 Å². The Morgan fingerprint density at radius 1 is 1.27 bits per heavy atom. The van der Waals surface area contributed by atoms with Gasteiger partial charge in [-0.2, -0.15) is 0 Å². The van der Waals surface area contributed by atoms with Gasteiger partial charge in [-0.1, -0.05) is 37.3 Å². The van der Waals surface area contributed by atoms with Gasteiger partial charge in [-0.25, -0.2) is 0 Å². The lowest BCUT2D eigenvalue weighted by atomic mass is 9.78.